The number of fused-ring (bicyclic) bond motifs is 1. The molecule has 3 rings (SSSR count). The van der Waals surface area contributed by atoms with Crippen LogP contribution in [0.4, 0.5) is 5.69 Å². The third kappa shape index (κ3) is 3.12. The maximum Gasteiger partial charge on any atom is 0.255 e. The molecule has 1 aromatic carbocycles. The number of hydrogen-bond donors (Lipinski definition) is 2. The molecule has 1 saturated heterocycles. The summed E-state index contributed by atoms with van der Waals surface area (Å²) in [6.07, 6.45) is 0.949. The minimum atomic E-state index is -2.92. The van der Waals surface area contributed by atoms with Gasteiger partial charge in [-0.15, -0.1) is 0 Å². The number of carbonyl (C=O) groups is 1. The number of rotatable bonds is 2. The van der Waals surface area contributed by atoms with Crippen molar-refractivity contribution in [2.24, 2.45) is 0 Å². The quantitative estimate of drug-likeness (QED) is 0.844. The second-order valence-corrected chi connectivity index (χ2v) is 7.66. The standard InChI is InChI=1S/C14H18N2O4S/c17-14(16-10-4-8-21(18,19)9-5-10)11-2-1-3-12-13(11)20-7-6-15-12/h1-3,10,15H,4-9H2,(H,16,17). The van der Waals surface area contributed by atoms with E-state index in [1.807, 2.05) is 6.07 Å². The summed E-state index contributed by atoms with van der Waals surface area (Å²) < 4.78 is 28.4. The van der Waals surface area contributed by atoms with Crippen LogP contribution in [0, 0.1) is 0 Å². The van der Waals surface area contributed by atoms with Gasteiger partial charge in [0.1, 0.15) is 16.4 Å². The summed E-state index contributed by atoms with van der Waals surface area (Å²) in [4.78, 5) is 12.4. The largest absolute Gasteiger partial charge is 0.489 e. The number of amides is 1. The van der Waals surface area contributed by atoms with Crippen LogP contribution < -0.4 is 15.4 Å². The van der Waals surface area contributed by atoms with Crippen LogP contribution >= 0.6 is 0 Å². The van der Waals surface area contributed by atoms with Crippen molar-refractivity contribution in [1.29, 1.82) is 0 Å². The van der Waals surface area contributed by atoms with Gasteiger partial charge in [-0.2, -0.15) is 0 Å². The molecule has 2 heterocycles. The van der Waals surface area contributed by atoms with E-state index in [9.17, 15) is 13.2 Å². The molecular weight excluding hydrogens is 292 g/mol. The Kier molecular flexibility index (Phi) is 3.75. The molecule has 1 amide bonds. The van der Waals surface area contributed by atoms with Gasteiger partial charge in [0.25, 0.3) is 5.91 Å². The normalized spacial score (nSPS) is 20.8. The van der Waals surface area contributed by atoms with Crippen LogP contribution in [0.15, 0.2) is 18.2 Å². The lowest BCUT2D eigenvalue weighted by Gasteiger charge is -2.25. The Morgan fingerprint density at radius 1 is 1.29 bits per heavy atom. The van der Waals surface area contributed by atoms with E-state index in [-0.39, 0.29) is 23.5 Å². The van der Waals surface area contributed by atoms with Crippen LogP contribution in [0.1, 0.15) is 23.2 Å². The van der Waals surface area contributed by atoms with Crippen molar-refractivity contribution < 1.29 is 17.9 Å². The second-order valence-electron chi connectivity index (χ2n) is 5.36. The fourth-order valence-corrected chi connectivity index (χ4v) is 4.14. The van der Waals surface area contributed by atoms with Crippen molar-refractivity contribution in [3.63, 3.8) is 0 Å². The van der Waals surface area contributed by atoms with E-state index < -0.39 is 9.84 Å². The smallest absolute Gasteiger partial charge is 0.255 e. The molecule has 0 atom stereocenters. The van der Waals surface area contributed by atoms with Crippen LogP contribution in [-0.4, -0.2) is 45.0 Å². The number of benzene rings is 1. The molecule has 114 valence electrons. The Bertz CT molecular complexity index is 643. The molecule has 0 saturated carbocycles. The van der Waals surface area contributed by atoms with Crippen LogP contribution in [-0.2, 0) is 9.84 Å². The van der Waals surface area contributed by atoms with Crippen molar-refractivity contribution in [2.45, 2.75) is 18.9 Å². The summed E-state index contributed by atoms with van der Waals surface area (Å²) in [5, 5.41) is 6.10. The Balaban J connectivity index is 1.72. The Labute approximate surface area is 123 Å². The highest BCUT2D eigenvalue weighted by molar-refractivity contribution is 7.91. The van der Waals surface area contributed by atoms with E-state index in [0.717, 1.165) is 12.2 Å². The van der Waals surface area contributed by atoms with Gasteiger partial charge in [0.2, 0.25) is 0 Å². The number of ether oxygens (including phenoxy) is 1. The van der Waals surface area contributed by atoms with Crippen LogP contribution in [0.2, 0.25) is 0 Å². The summed E-state index contributed by atoms with van der Waals surface area (Å²) in [5.74, 6) is 0.649. The van der Waals surface area contributed by atoms with Gasteiger partial charge in [0.05, 0.1) is 22.8 Å². The maximum absolute atomic E-state index is 12.4. The number of sulfone groups is 1. The van der Waals surface area contributed by atoms with Crippen molar-refractivity contribution >= 4 is 21.4 Å². The van der Waals surface area contributed by atoms with E-state index >= 15 is 0 Å². The molecule has 0 aromatic heterocycles. The molecule has 0 spiro atoms. The molecule has 21 heavy (non-hydrogen) atoms. The number of carbonyl (C=O) groups excluding carboxylic acids is 1. The molecule has 0 aliphatic carbocycles. The van der Waals surface area contributed by atoms with Gasteiger partial charge in [0, 0.05) is 12.6 Å². The van der Waals surface area contributed by atoms with Gasteiger partial charge in [-0.1, -0.05) is 6.07 Å². The molecule has 1 aromatic rings. The zero-order valence-electron chi connectivity index (χ0n) is 11.6. The summed E-state index contributed by atoms with van der Waals surface area (Å²) in [6.45, 7) is 1.25. The molecule has 1 fully saturated rings. The minimum Gasteiger partial charge on any atom is -0.489 e. The molecule has 2 N–H and O–H groups in total. The average molecular weight is 310 g/mol. The van der Waals surface area contributed by atoms with E-state index in [1.165, 1.54) is 0 Å². The molecule has 2 aliphatic rings. The lowest BCUT2D eigenvalue weighted by molar-refractivity contribution is 0.0930. The molecule has 0 unspecified atom stereocenters. The number of nitrogens with one attached hydrogen (secondary N) is 2. The predicted octanol–water partition coefficient (Wildman–Crippen LogP) is 0.798. The van der Waals surface area contributed by atoms with Crippen LogP contribution in [0.3, 0.4) is 0 Å². The van der Waals surface area contributed by atoms with E-state index in [2.05, 4.69) is 10.6 Å². The highest BCUT2D eigenvalue weighted by Crippen LogP contribution is 2.31. The highest BCUT2D eigenvalue weighted by atomic mass is 32.2. The number of anilines is 1. The lowest BCUT2D eigenvalue weighted by Crippen LogP contribution is -2.41. The first-order valence-electron chi connectivity index (χ1n) is 7.06. The number of hydrogen-bond acceptors (Lipinski definition) is 5. The van der Waals surface area contributed by atoms with E-state index in [0.29, 0.717) is 30.8 Å². The fourth-order valence-electron chi connectivity index (χ4n) is 2.65. The zero-order valence-corrected chi connectivity index (χ0v) is 12.4. The third-order valence-corrected chi connectivity index (χ3v) is 5.53. The molecule has 7 heteroatoms. The van der Waals surface area contributed by atoms with Crippen molar-refractivity contribution in [1.82, 2.24) is 5.32 Å². The van der Waals surface area contributed by atoms with Crippen molar-refractivity contribution in [2.75, 3.05) is 30.0 Å². The SMILES string of the molecule is O=C(NC1CCS(=O)(=O)CC1)c1cccc2c1OCCN2. The first kappa shape index (κ1) is 14.2. The maximum atomic E-state index is 12.4. The fraction of sp³-hybridized carbons (Fsp3) is 0.500. The molecule has 2 aliphatic heterocycles. The molecule has 0 radical (unpaired) electrons. The Morgan fingerprint density at radius 2 is 2.05 bits per heavy atom. The summed E-state index contributed by atoms with van der Waals surface area (Å²) >= 11 is 0. The van der Waals surface area contributed by atoms with Gasteiger partial charge in [-0.05, 0) is 25.0 Å². The summed E-state index contributed by atoms with van der Waals surface area (Å²) in [7, 11) is -2.92. The highest BCUT2D eigenvalue weighted by Gasteiger charge is 2.26. The monoisotopic (exact) mass is 310 g/mol. The predicted molar refractivity (Wildman–Crippen MR) is 79.6 cm³/mol. The number of para-hydroxylation sites is 1. The summed E-state index contributed by atoms with van der Waals surface area (Å²) in [5.41, 5.74) is 1.31. The van der Waals surface area contributed by atoms with Crippen LogP contribution in [0.5, 0.6) is 5.75 Å². The first-order chi connectivity index (χ1) is 10.1. The second kappa shape index (κ2) is 5.55. The lowest BCUT2D eigenvalue weighted by atomic mass is 10.1. The Morgan fingerprint density at radius 3 is 2.81 bits per heavy atom. The third-order valence-electron chi connectivity index (χ3n) is 3.81. The van der Waals surface area contributed by atoms with Gasteiger partial charge in [0.15, 0.2) is 5.75 Å². The van der Waals surface area contributed by atoms with Gasteiger partial charge < -0.3 is 15.4 Å². The van der Waals surface area contributed by atoms with Gasteiger partial charge in [-0.25, -0.2) is 8.42 Å². The molecule has 0 bridgehead atoms. The first-order valence-corrected chi connectivity index (χ1v) is 8.88. The summed E-state index contributed by atoms with van der Waals surface area (Å²) in [6, 6.07) is 5.31. The zero-order chi connectivity index (χ0) is 14.9. The molecular formula is C14H18N2O4S. The van der Waals surface area contributed by atoms with Gasteiger partial charge in [-0.3, -0.25) is 4.79 Å². The molecule has 6 nitrogen and oxygen atoms in total. The van der Waals surface area contributed by atoms with Crippen LogP contribution in [0.25, 0.3) is 0 Å². The Hall–Kier alpha value is -1.76. The van der Waals surface area contributed by atoms with Crippen molar-refractivity contribution in [3.05, 3.63) is 23.8 Å². The van der Waals surface area contributed by atoms with E-state index in [1.54, 1.807) is 12.1 Å². The average Bonchev–Trinajstić information content (AvgIpc) is 2.49. The van der Waals surface area contributed by atoms with Gasteiger partial charge >= 0.3 is 0 Å². The topological polar surface area (TPSA) is 84.5 Å². The minimum absolute atomic E-state index is 0.0894. The van der Waals surface area contributed by atoms with Crippen molar-refractivity contribution in [3.8, 4) is 5.75 Å². The van der Waals surface area contributed by atoms with E-state index in [4.69, 9.17) is 4.74 Å².